The SMILES string of the molecule is CC1(C)OCC(CO)(NCCNS(=O)(=O)c2ccccc2)CO1. The van der Waals surface area contributed by atoms with Crippen molar-refractivity contribution in [3.8, 4) is 0 Å². The zero-order valence-electron chi connectivity index (χ0n) is 13.4. The minimum atomic E-state index is -3.52. The van der Waals surface area contributed by atoms with Crippen molar-refractivity contribution in [1.29, 1.82) is 0 Å². The fourth-order valence-electron chi connectivity index (χ4n) is 2.15. The molecule has 0 aliphatic carbocycles. The second-order valence-corrected chi connectivity index (χ2v) is 7.82. The smallest absolute Gasteiger partial charge is 0.240 e. The predicted molar refractivity (Wildman–Crippen MR) is 85.4 cm³/mol. The van der Waals surface area contributed by atoms with Crippen molar-refractivity contribution in [2.24, 2.45) is 0 Å². The third-order valence-electron chi connectivity index (χ3n) is 3.67. The van der Waals surface area contributed by atoms with Crippen molar-refractivity contribution in [2.75, 3.05) is 32.9 Å². The Balaban J connectivity index is 1.83. The van der Waals surface area contributed by atoms with Crippen LogP contribution in [0.1, 0.15) is 13.8 Å². The molecule has 0 saturated carbocycles. The van der Waals surface area contributed by atoms with Gasteiger partial charge in [-0.25, -0.2) is 13.1 Å². The van der Waals surface area contributed by atoms with Gasteiger partial charge in [-0.15, -0.1) is 0 Å². The molecule has 3 N–H and O–H groups in total. The van der Waals surface area contributed by atoms with Crippen LogP contribution in [0.3, 0.4) is 0 Å². The van der Waals surface area contributed by atoms with Crippen molar-refractivity contribution < 1.29 is 23.0 Å². The van der Waals surface area contributed by atoms with Gasteiger partial charge in [-0.2, -0.15) is 0 Å². The molecule has 7 nitrogen and oxygen atoms in total. The van der Waals surface area contributed by atoms with Crippen molar-refractivity contribution in [3.05, 3.63) is 30.3 Å². The number of sulfonamides is 1. The molecule has 1 aliphatic rings. The first-order chi connectivity index (χ1) is 10.8. The highest BCUT2D eigenvalue weighted by Crippen LogP contribution is 2.23. The largest absolute Gasteiger partial charge is 0.394 e. The van der Waals surface area contributed by atoms with Gasteiger partial charge in [-0.1, -0.05) is 18.2 Å². The number of nitrogens with one attached hydrogen (secondary N) is 2. The summed E-state index contributed by atoms with van der Waals surface area (Å²) < 4.78 is 37.8. The Bertz CT molecular complexity index is 594. The van der Waals surface area contributed by atoms with E-state index in [1.165, 1.54) is 12.1 Å². The van der Waals surface area contributed by atoms with E-state index in [2.05, 4.69) is 10.0 Å². The molecule has 2 rings (SSSR count). The van der Waals surface area contributed by atoms with Crippen LogP contribution in [-0.2, 0) is 19.5 Å². The zero-order valence-corrected chi connectivity index (χ0v) is 14.2. The minimum Gasteiger partial charge on any atom is -0.394 e. The third-order valence-corrected chi connectivity index (χ3v) is 5.14. The molecule has 1 aromatic carbocycles. The number of benzene rings is 1. The molecule has 130 valence electrons. The number of aliphatic hydroxyl groups is 1. The number of ether oxygens (including phenoxy) is 2. The molecule has 0 unspecified atom stereocenters. The van der Waals surface area contributed by atoms with Crippen molar-refractivity contribution in [3.63, 3.8) is 0 Å². The van der Waals surface area contributed by atoms with Gasteiger partial charge in [0.1, 0.15) is 0 Å². The topological polar surface area (TPSA) is 96.9 Å². The molecule has 0 spiro atoms. The lowest BCUT2D eigenvalue weighted by molar-refractivity contribution is -0.275. The molecule has 0 bridgehead atoms. The summed E-state index contributed by atoms with van der Waals surface area (Å²) in [5.41, 5.74) is -0.715. The molecule has 0 radical (unpaired) electrons. The highest BCUT2D eigenvalue weighted by Gasteiger charge is 2.39. The Kier molecular flexibility index (Phi) is 5.77. The Morgan fingerprint density at radius 2 is 1.74 bits per heavy atom. The van der Waals surface area contributed by atoms with Gasteiger partial charge in [-0.05, 0) is 26.0 Å². The minimum absolute atomic E-state index is 0.158. The van der Waals surface area contributed by atoms with Crippen LogP contribution < -0.4 is 10.0 Å². The van der Waals surface area contributed by atoms with Gasteiger partial charge in [0.05, 0.1) is 30.3 Å². The van der Waals surface area contributed by atoms with E-state index in [0.717, 1.165) is 0 Å². The Labute approximate surface area is 137 Å². The first-order valence-corrected chi connectivity index (χ1v) is 8.96. The maximum absolute atomic E-state index is 12.1. The van der Waals surface area contributed by atoms with Crippen LogP contribution in [0.15, 0.2) is 35.2 Å². The lowest BCUT2D eigenvalue weighted by Crippen LogP contribution is -2.62. The molecule has 1 heterocycles. The quantitative estimate of drug-likeness (QED) is 0.606. The van der Waals surface area contributed by atoms with E-state index in [1.807, 2.05) is 13.8 Å². The molecule has 1 aliphatic heterocycles. The number of aliphatic hydroxyl groups excluding tert-OH is 1. The highest BCUT2D eigenvalue weighted by atomic mass is 32.2. The van der Waals surface area contributed by atoms with Crippen molar-refractivity contribution in [1.82, 2.24) is 10.0 Å². The maximum atomic E-state index is 12.1. The summed E-state index contributed by atoms with van der Waals surface area (Å²) in [6, 6.07) is 8.18. The Hall–Kier alpha value is -1.03. The number of rotatable bonds is 7. The van der Waals surface area contributed by atoms with E-state index in [9.17, 15) is 13.5 Å². The molecule has 1 saturated heterocycles. The van der Waals surface area contributed by atoms with E-state index in [1.54, 1.807) is 18.2 Å². The fourth-order valence-corrected chi connectivity index (χ4v) is 3.21. The molecule has 1 fully saturated rings. The summed E-state index contributed by atoms with van der Waals surface area (Å²) in [5, 5.41) is 12.7. The van der Waals surface area contributed by atoms with Crippen LogP contribution in [0, 0.1) is 0 Å². The lowest BCUT2D eigenvalue weighted by atomic mass is 10.0. The van der Waals surface area contributed by atoms with Gasteiger partial charge >= 0.3 is 0 Å². The number of hydrogen-bond donors (Lipinski definition) is 3. The molecule has 0 aromatic heterocycles. The summed E-state index contributed by atoms with van der Waals surface area (Å²) in [4.78, 5) is 0.225. The second kappa shape index (κ2) is 7.25. The van der Waals surface area contributed by atoms with Crippen LogP contribution in [0.5, 0.6) is 0 Å². The van der Waals surface area contributed by atoms with Crippen LogP contribution in [0.2, 0.25) is 0 Å². The fraction of sp³-hybridized carbons (Fsp3) is 0.600. The average molecular weight is 344 g/mol. The maximum Gasteiger partial charge on any atom is 0.240 e. The third kappa shape index (κ3) is 4.97. The van der Waals surface area contributed by atoms with Gasteiger partial charge in [0.25, 0.3) is 0 Å². The Morgan fingerprint density at radius 3 is 2.30 bits per heavy atom. The van der Waals surface area contributed by atoms with Crippen molar-refractivity contribution >= 4 is 10.0 Å². The van der Waals surface area contributed by atoms with Crippen LogP contribution in [0.4, 0.5) is 0 Å². The standard InChI is InChI=1S/C15H24N2O5S/c1-14(2)21-11-15(10-18,12-22-14)16-8-9-17-23(19,20)13-6-4-3-5-7-13/h3-7,16-18H,8-12H2,1-2H3. The molecule has 0 amide bonds. The van der Waals surface area contributed by atoms with Gasteiger partial charge in [0, 0.05) is 13.1 Å². The normalized spacial score (nSPS) is 20.3. The zero-order chi connectivity index (χ0) is 17.0. The summed E-state index contributed by atoms with van der Waals surface area (Å²) in [7, 11) is -3.52. The van der Waals surface area contributed by atoms with Gasteiger partial charge in [0.2, 0.25) is 10.0 Å². The molecular formula is C15H24N2O5S. The highest BCUT2D eigenvalue weighted by molar-refractivity contribution is 7.89. The van der Waals surface area contributed by atoms with Crippen LogP contribution in [0.25, 0.3) is 0 Å². The van der Waals surface area contributed by atoms with E-state index in [4.69, 9.17) is 9.47 Å². The summed E-state index contributed by atoms with van der Waals surface area (Å²) in [6.07, 6.45) is 0. The van der Waals surface area contributed by atoms with Crippen LogP contribution >= 0.6 is 0 Å². The Morgan fingerprint density at radius 1 is 1.13 bits per heavy atom. The molecule has 1 aromatic rings. The van der Waals surface area contributed by atoms with E-state index >= 15 is 0 Å². The first-order valence-electron chi connectivity index (χ1n) is 7.47. The van der Waals surface area contributed by atoms with Gasteiger partial charge in [0.15, 0.2) is 5.79 Å². The van der Waals surface area contributed by atoms with Crippen LogP contribution in [-0.4, -0.2) is 57.8 Å². The van der Waals surface area contributed by atoms with Gasteiger partial charge in [-0.3, -0.25) is 0 Å². The summed E-state index contributed by atoms with van der Waals surface area (Å²) in [6.45, 7) is 4.59. The predicted octanol–water partition coefficient (Wildman–Crippen LogP) is 0.0685. The molecule has 23 heavy (non-hydrogen) atoms. The summed E-state index contributed by atoms with van der Waals surface area (Å²) in [5.74, 6) is -0.671. The second-order valence-electron chi connectivity index (χ2n) is 6.05. The lowest BCUT2D eigenvalue weighted by Gasteiger charge is -2.43. The van der Waals surface area contributed by atoms with E-state index in [0.29, 0.717) is 19.8 Å². The molecular weight excluding hydrogens is 320 g/mol. The van der Waals surface area contributed by atoms with E-state index < -0.39 is 21.3 Å². The molecule has 8 heteroatoms. The monoisotopic (exact) mass is 344 g/mol. The van der Waals surface area contributed by atoms with Gasteiger partial charge < -0.3 is 19.9 Å². The molecule has 0 atom stereocenters. The summed E-state index contributed by atoms with van der Waals surface area (Å²) >= 11 is 0. The first kappa shape index (κ1) is 18.3. The van der Waals surface area contributed by atoms with E-state index in [-0.39, 0.29) is 18.0 Å². The number of hydrogen-bond acceptors (Lipinski definition) is 6. The average Bonchev–Trinajstić information content (AvgIpc) is 2.54. The van der Waals surface area contributed by atoms with Crippen molar-refractivity contribution in [2.45, 2.75) is 30.1 Å².